The van der Waals surface area contributed by atoms with E-state index in [1.165, 1.54) is 81.3 Å². The van der Waals surface area contributed by atoms with Crippen molar-refractivity contribution in [3.05, 3.63) is 33.3 Å². The van der Waals surface area contributed by atoms with E-state index in [9.17, 15) is 14.9 Å². The second kappa shape index (κ2) is 13.9. The van der Waals surface area contributed by atoms with Gasteiger partial charge in [0.1, 0.15) is 0 Å². The summed E-state index contributed by atoms with van der Waals surface area (Å²) in [7, 11) is 0. The predicted molar refractivity (Wildman–Crippen MR) is 111 cm³/mol. The molecule has 1 aromatic carbocycles. The highest BCUT2D eigenvalue weighted by Gasteiger charge is 2.11. The standard InChI is InChI=1S/C19H29ClN2O3S/c1-2-3-4-5-6-7-8-9-10-11-14-26-19(23)21-18-13-12-16(22(24)25)15-17(18)20/h12-13,15H,2-11,14H2,1H3,(H,21,23). The Kier molecular flexibility index (Phi) is 12.1. The van der Waals surface area contributed by atoms with Crippen molar-refractivity contribution in [1.82, 2.24) is 0 Å². The average Bonchev–Trinajstić information content (AvgIpc) is 2.61. The fourth-order valence-electron chi connectivity index (χ4n) is 2.62. The molecule has 1 N–H and O–H groups in total. The van der Waals surface area contributed by atoms with E-state index in [1.54, 1.807) is 0 Å². The molecule has 26 heavy (non-hydrogen) atoms. The number of unbranched alkanes of at least 4 members (excludes halogenated alkanes) is 9. The molecule has 0 bridgehead atoms. The molecular weight excluding hydrogens is 372 g/mol. The number of nitro groups is 1. The Balaban J connectivity index is 2.08. The van der Waals surface area contributed by atoms with Gasteiger partial charge in [0.2, 0.25) is 0 Å². The molecule has 0 spiro atoms. The molecule has 0 fully saturated rings. The molecule has 146 valence electrons. The lowest BCUT2D eigenvalue weighted by Gasteiger charge is -2.06. The van der Waals surface area contributed by atoms with Crippen LogP contribution in [0.25, 0.3) is 0 Å². The van der Waals surface area contributed by atoms with E-state index in [2.05, 4.69) is 12.2 Å². The highest BCUT2D eigenvalue weighted by molar-refractivity contribution is 8.13. The van der Waals surface area contributed by atoms with Crippen molar-refractivity contribution in [2.75, 3.05) is 11.1 Å². The number of amides is 1. The number of hydrogen-bond acceptors (Lipinski definition) is 4. The number of hydrogen-bond donors (Lipinski definition) is 1. The molecular formula is C19H29ClN2O3S. The fourth-order valence-corrected chi connectivity index (χ4v) is 3.56. The second-order valence-corrected chi connectivity index (χ2v) is 7.84. The van der Waals surface area contributed by atoms with Crippen molar-refractivity contribution in [3.8, 4) is 0 Å². The molecule has 0 aromatic heterocycles. The molecule has 1 amide bonds. The summed E-state index contributed by atoms with van der Waals surface area (Å²) in [5, 5.41) is 13.3. The van der Waals surface area contributed by atoms with Gasteiger partial charge in [-0.25, -0.2) is 0 Å². The fraction of sp³-hybridized carbons (Fsp3) is 0.632. The monoisotopic (exact) mass is 400 g/mol. The third-order valence-electron chi connectivity index (χ3n) is 4.13. The van der Waals surface area contributed by atoms with Gasteiger partial charge in [0.05, 0.1) is 15.6 Å². The van der Waals surface area contributed by atoms with Crippen LogP contribution in [-0.4, -0.2) is 15.9 Å². The number of carbonyl (C=O) groups is 1. The van der Waals surface area contributed by atoms with Crippen LogP contribution < -0.4 is 5.32 Å². The topological polar surface area (TPSA) is 72.2 Å². The van der Waals surface area contributed by atoms with E-state index in [4.69, 9.17) is 11.6 Å². The van der Waals surface area contributed by atoms with Crippen molar-refractivity contribution in [1.29, 1.82) is 0 Å². The lowest BCUT2D eigenvalue weighted by Crippen LogP contribution is -2.06. The summed E-state index contributed by atoms with van der Waals surface area (Å²) in [6, 6.07) is 4.03. The summed E-state index contributed by atoms with van der Waals surface area (Å²) >= 11 is 7.19. The molecule has 7 heteroatoms. The molecule has 0 saturated heterocycles. The number of rotatable bonds is 13. The van der Waals surface area contributed by atoms with Gasteiger partial charge in [-0.3, -0.25) is 14.9 Å². The first-order valence-corrected chi connectivity index (χ1v) is 10.8. The molecule has 0 heterocycles. The van der Waals surface area contributed by atoms with Gasteiger partial charge < -0.3 is 5.32 Å². The zero-order chi connectivity index (χ0) is 19.2. The molecule has 0 atom stereocenters. The van der Waals surface area contributed by atoms with E-state index >= 15 is 0 Å². The van der Waals surface area contributed by atoms with E-state index in [0.29, 0.717) is 5.69 Å². The highest BCUT2D eigenvalue weighted by atomic mass is 35.5. The van der Waals surface area contributed by atoms with Gasteiger partial charge >= 0.3 is 0 Å². The van der Waals surface area contributed by atoms with Crippen LogP contribution in [0.4, 0.5) is 16.2 Å². The summed E-state index contributed by atoms with van der Waals surface area (Å²) in [5.74, 6) is 0.771. The Morgan fingerprint density at radius 3 is 2.19 bits per heavy atom. The quantitative estimate of drug-likeness (QED) is 0.212. The maximum atomic E-state index is 11.9. The van der Waals surface area contributed by atoms with Gasteiger partial charge in [-0.05, 0) is 12.5 Å². The number of carbonyl (C=O) groups excluding carboxylic acids is 1. The molecule has 0 aliphatic carbocycles. The van der Waals surface area contributed by atoms with Crippen LogP contribution in [-0.2, 0) is 0 Å². The van der Waals surface area contributed by atoms with Gasteiger partial charge in [0, 0.05) is 17.9 Å². The van der Waals surface area contributed by atoms with Crippen molar-refractivity contribution in [3.63, 3.8) is 0 Å². The summed E-state index contributed by atoms with van der Waals surface area (Å²) in [5.41, 5.74) is 0.309. The zero-order valence-corrected chi connectivity index (χ0v) is 17.0. The summed E-state index contributed by atoms with van der Waals surface area (Å²) in [4.78, 5) is 22.1. The van der Waals surface area contributed by atoms with Crippen LogP contribution in [0.3, 0.4) is 0 Å². The number of non-ortho nitro benzene ring substituents is 1. The number of halogens is 1. The number of nitrogens with one attached hydrogen (secondary N) is 1. The summed E-state index contributed by atoms with van der Waals surface area (Å²) in [6.07, 6.45) is 12.7. The Hall–Kier alpha value is -1.27. The summed E-state index contributed by atoms with van der Waals surface area (Å²) < 4.78 is 0. The molecule has 1 rings (SSSR count). The molecule has 0 saturated carbocycles. The van der Waals surface area contributed by atoms with Crippen LogP contribution in [0.2, 0.25) is 5.02 Å². The first-order chi connectivity index (χ1) is 12.5. The van der Waals surface area contributed by atoms with E-state index in [1.807, 2.05) is 0 Å². The minimum Gasteiger partial charge on any atom is -0.315 e. The smallest absolute Gasteiger partial charge is 0.283 e. The van der Waals surface area contributed by atoms with Crippen LogP contribution in [0, 0.1) is 10.1 Å². The van der Waals surface area contributed by atoms with Crippen molar-refractivity contribution < 1.29 is 9.72 Å². The van der Waals surface area contributed by atoms with Crippen LogP contribution in [0.1, 0.15) is 71.1 Å². The molecule has 1 aromatic rings. The minimum absolute atomic E-state index is 0.0917. The van der Waals surface area contributed by atoms with Gasteiger partial charge in [0.15, 0.2) is 0 Å². The van der Waals surface area contributed by atoms with Gasteiger partial charge in [-0.1, -0.05) is 88.1 Å². The lowest BCUT2D eigenvalue weighted by molar-refractivity contribution is -0.384. The van der Waals surface area contributed by atoms with Crippen LogP contribution in [0.15, 0.2) is 18.2 Å². The van der Waals surface area contributed by atoms with Crippen molar-refractivity contribution >= 4 is 40.0 Å². The van der Waals surface area contributed by atoms with Crippen molar-refractivity contribution in [2.24, 2.45) is 0 Å². The van der Waals surface area contributed by atoms with Crippen LogP contribution >= 0.6 is 23.4 Å². The van der Waals surface area contributed by atoms with Gasteiger partial charge in [0.25, 0.3) is 10.9 Å². The largest absolute Gasteiger partial charge is 0.315 e. The second-order valence-electron chi connectivity index (χ2n) is 6.36. The SMILES string of the molecule is CCCCCCCCCCCCSC(=O)Nc1ccc([N+](=O)[O-])cc1Cl. The molecule has 0 aliphatic heterocycles. The number of nitro benzene ring substituents is 1. The molecule has 0 unspecified atom stereocenters. The van der Waals surface area contributed by atoms with Gasteiger partial charge in [-0.15, -0.1) is 0 Å². The third kappa shape index (κ3) is 10.0. The molecule has 0 aliphatic rings. The van der Waals surface area contributed by atoms with E-state index in [-0.39, 0.29) is 15.9 Å². The number of thioether (sulfide) groups is 1. The Morgan fingerprint density at radius 2 is 1.65 bits per heavy atom. The molecule has 0 radical (unpaired) electrons. The normalized spacial score (nSPS) is 10.7. The Morgan fingerprint density at radius 1 is 1.08 bits per heavy atom. The maximum absolute atomic E-state index is 11.9. The Labute approximate surface area is 165 Å². The average molecular weight is 401 g/mol. The van der Waals surface area contributed by atoms with Crippen molar-refractivity contribution in [2.45, 2.75) is 71.1 Å². The first kappa shape index (κ1) is 22.8. The van der Waals surface area contributed by atoms with E-state index in [0.717, 1.165) is 18.6 Å². The predicted octanol–water partition coefficient (Wildman–Crippen LogP) is 7.43. The first-order valence-electron chi connectivity index (χ1n) is 9.42. The lowest BCUT2D eigenvalue weighted by atomic mass is 10.1. The van der Waals surface area contributed by atoms with E-state index < -0.39 is 4.92 Å². The number of nitrogens with zero attached hydrogens (tertiary/aromatic N) is 1. The minimum atomic E-state index is -0.516. The number of benzene rings is 1. The third-order valence-corrected chi connectivity index (χ3v) is 5.30. The molecule has 5 nitrogen and oxygen atoms in total. The highest BCUT2D eigenvalue weighted by Crippen LogP contribution is 2.27. The zero-order valence-electron chi connectivity index (χ0n) is 15.5. The Bertz CT molecular complexity index is 570. The van der Waals surface area contributed by atoms with Gasteiger partial charge in [-0.2, -0.15) is 0 Å². The van der Waals surface area contributed by atoms with Crippen LogP contribution in [0.5, 0.6) is 0 Å². The number of anilines is 1. The summed E-state index contributed by atoms with van der Waals surface area (Å²) in [6.45, 7) is 2.23. The maximum Gasteiger partial charge on any atom is 0.283 e.